The maximum absolute atomic E-state index is 12.9. The van der Waals surface area contributed by atoms with Crippen molar-refractivity contribution in [2.45, 2.75) is 57.3 Å². The summed E-state index contributed by atoms with van der Waals surface area (Å²) in [7, 11) is 0. The lowest BCUT2D eigenvalue weighted by Gasteiger charge is -2.30. The molecule has 0 spiro atoms. The molecule has 4 unspecified atom stereocenters. The molecule has 1 saturated heterocycles. The van der Waals surface area contributed by atoms with E-state index in [-0.39, 0.29) is 5.92 Å². The Kier molecular flexibility index (Phi) is 10.4. The fourth-order valence-electron chi connectivity index (χ4n) is 3.08. The summed E-state index contributed by atoms with van der Waals surface area (Å²) in [6.45, 7) is 3.09. The Labute approximate surface area is 174 Å². The van der Waals surface area contributed by atoms with Crippen LogP contribution in [-0.2, 0) is 19.2 Å². The number of nitrogens with one attached hydrogen (secondary N) is 2. The van der Waals surface area contributed by atoms with Crippen LogP contribution in [0, 0.1) is 5.92 Å². The highest BCUT2D eigenvalue weighted by atomic mass is 32.2. The Hall–Kier alpha value is -1.85. The van der Waals surface area contributed by atoms with E-state index in [9.17, 15) is 29.4 Å². The molecule has 0 saturated carbocycles. The summed E-state index contributed by atoms with van der Waals surface area (Å²) in [4.78, 5) is 50.2. The van der Waals surface area contributed by atoms with Gasteiger partial charge in [0.05, 0.1) is 12.6 Å². The predicted molar refractivity (Wildman–Crippen MR) is 109 cm³/mol. The zero-order chi connectivity index (χ0) is 22.1. The van der Waals surface area contributed by atoms with Crippen molar-refractivity contribution in [3.63, 3.8) is 0 Å². The minimum atomic E-state index is -1.26. The first kappa shape index (κ1) is 25.2. The number of aliphatic carboxylic acids is 1. The largest absolute Gasteiger partial charge is 0.480 e. The lowest BCUT2D eigenvalue weighted by molar-refractivity contribution is -0.150. The smallest absolute Gasteiger partial charge is 0.326 e. The van der Waals surface area contributed by atoms with Crippen LogP contribution in [0.4, 0.5) is 0 Å². The molecule has 1 aliphatic rings. The third-order valence-corrected chi connectivity index (χ3v) is 5.48. The quantitative estimate of drug-likeness (QED) is 0.271. The van der Waals surface area contributed by atoms with E-state index in [0.717, 1.165) is 0 Å². The fraction of sp³-hybridized carbons (Fsp3) is 0.778. The highest BCUT2D eigenvalue weighted by Gasteiger charge is 2.39. The zero-order valence-corrected chi connectivity index (χ0v) is 17.9. The first-order chi connectivity index (χ1) is 13.6. The number of hydrogen-bond donors (Lipinski definition) is 5. The molecule has 1 fully saturated rings. The fourth-order valence-corrected chi connectivity index (χ4v) is 3.57. The van der Waals surface area contributed by atoms with Crippen LogP contribution < -0.4 is 16.4 Å². The first-order valence-corrected chi connectivity index (χ1v) is 11.0. The van der Waals surface area contributed by atoms with E-state index in [1.165, 1.54) is 16.7 Å². The summed E-state index contributed by atoms with van der Waals surface area (Å²) in [6.07, 6.45) is 3.24. The van der Waals surface area contributed by atoms with Crippen LogP contribution in [0.1, 0.15) is 33.1 Å². The normalized spacial score (nSPS) is 19.5. The first-order valence-electron chi connectivity index (χ1n) is 9.63. The molecule has 0 radical (unpaired) electrons. The van der Waals surface area contributed by atoms with Crippen molar-refractivity contribution >= 4 is 35.5 Å². The van der Waals surface area contributed by atoms with E-state index in [1.54, 1.807) is 13.8 Å². The Balaban J connectivity index is 2.80. The van der Waals surface area contributed by atoms with Crippen LogP contribution in [0.25, 0.3) is 0 Å². The lowest BCUT2D eigenvalue weighted by Crippen LogP contribution is -2.59. The van der Waals surface area contributed by atoms with Crippen LogP contribution in [0.5, 0.6) is 0 Å². The number of amides is 3. The van der Waals surface area contributed by atoms with Crippen LogP contribution in [-0.4, -0.2) is 88.1 Å². The van der Waals surface area contributed by atoms with Gasteiger partial charge in [-0.1, -0.05) is 13.8 Å². The van der Waals surface area contributed by atoms with Gasteiger partial charge in [-0.05, 0) is 37.2 Å². The molecular weight excluding hydrogens is 400 g/mol. The lowest BCUT2D eigenvalue weighted by atomic mass is 10.0. The Morgan fingerprint density at radius 2 is 1.86 bits per heavy atom. The van der Waals surface area contributed by atoms with Gasteiger partial charge in [-0.25, -0.2) is 4.79 Å². The minimum absolute atomic E-state index is 0.305. The van der Waals surface area contributed by atoms with E-state index in [2.05, 4.69) is 10.6 Å². The molecule has 3 amide bonds. The van der Waals surface area contributed by atoms with E-state index < -0.39 is 54.5 Å². The topological polar surface area (TPSA) is 162 Å². The second-order valence-electron chi connectivity index (χ2n) is 7.39. The summed E-state index contributed by atoms with van der Waals surface area (Å²) in [5.74, 6) is -2.50. The van der Waals surface area contributed by atoms with Gasteiger partial charge in [0.15, 0.2) is 0 Å². The Morgan fingerprint density at radius 3 is 2.38 bits per heavy atom. The highest BCUT2D eigenvalue weighted by molar-refractivity contribution is 7.98. The number of carbonyl (C=O) groups is 4. The molecule has 0 aromatic heterocycles. The number of aliphatic hydroxyl groups excluding tert-OH is 1. The monoisotopic (exact) mass is 432 g/mol. The van der Waals surface area contributed by atoms with Gasteiger partial charge >= 0.3 is 5.97 Å². The van der Waals surface area contributed by atoms with Gasteiger partial charge in [0, 0.05) is 6.54 Å². The molecular formula is C18H32N4O6S. The molecule has 6 N–H and O–H groups in total. The maximum Gasteiger partial charge on any atom is 0.326 e. The molecule has 1 aliphatic heterocycles. The van der Waals surface area contributed by atoms with Crippen LogP contribution in [0.3, 0.4) is 0 Å². The summed E-state index contributed by atoms with van der Waals surface area (Å²) >= 11 is 1.53. The van der Waals surface area contributed by atoms with Crippen molar-refractivity contribution in [2.24, 2.45) is 11.7 Å². The third kappa shape index (κ3) is 7.16. The van der Waals surface area contributed by atoms with E-state index in [0.29, 0.717) is 31.6 Å². The van der Waals surface area contributed by atoms with Crippen molar-refractivity contribution in [2.75, 3.05) is 25.2 Å². The number of nitrogens with zero attached hydrogens (tertiary/aromatic N) is 1. The number of carboxylic acid groups (broad SMARTS) is 1. The Morgan fingerprint density at radius 1 is 1.21 bits per heavy atom. The van der Waals surface area contributed by atoms with Crippen molar-refractivity contribution in [1.29, 1.82) is 0 Å². The number of carboxylic acids is 1. The van der Waals surface area contributed by atoms with Crippen LogP contribution in [0.2, 0.25) is 0 Å². The molecule has 0 aromatic rings. The summed E-state index contributed by atoms with van der Waals surface area (Å²) in [5.41, 5.74) is 5.78. The summed E-state index contributed by atoms with van der Waals surface area (Å²) in [6, 6.07) is -3.96. The molecule has 1 heterocycles. The molecule has 0 aromatic carbocycles. The second kappa shape index (κ2) is 12.0. The van der Waals surface area contributed by atoms with E-state index >= 15 is 0 Å². The molecule has 29 heavy (non-hydrogen) atoms. The van der Waals surface area contributed by atoms with E-state index in [4.69, 9.17) is 5.73 Å². The van der Waals surface area contributed by atoms with Gasteiger partial charge in [-0.3, -0.25) is 14.4 Å². The highest BCUT2D eigenvalue weighted by Crippen LogP contribution is 2.20. The molecule has 11 heteroatoms. The van der Waals surface area contributed by atoms with Gasteiger partial charge in [0.2, 0.25) is 17.7 Å². The number of aliphatic hydroxyl groups is 1. The Bertz CT molecular complexity index is 603. The van der Waals surface area contributed by atoms with Crippen LogP contribution in [0.15, 0.2) is 0 Å². The van der Waals surface area contributed by atoms with Gasteiger partial charge < -0.3 is 31.5 Å². The number of carbonyl (C=O) groups excluding carboxylic acids is 3. The van der Waals surface area contributed by atoms with Gasteiger partial charge in [-0.2, -0.15) is 11.8 Å². The SMILES string of the molecule is CSCCC(N)C(=O)NC(CO)C(=O)NC(C(=O)N1CCCC1C(=O)O)C(C)C. The predicted octanol–water partition coefficient (Wildman–Crippen LogP) is -1.24. The number of likely N-dealkylation sites (tertiary alicyclic amines) is 1. The number of nitrogens with two attached hydrogens (primary N) is 1. The average molecular weight is 433 g/mol. The van der Waals surface area contributed by atoms with Crippen molar-refractivity contribution in [3.8, 4) is 0 Å². The molecule has 166 valence electrons. The average Bonchev–Trinajstić information content (AvgIpc) is 3.17. The second-order valence-corrected chi connectivity index (χ2v) is 8.38. The maximum atomic E-state index is 12.9. The third-order valence-electron chi connectivity index (χ3n) is 4.84. The van der Waals surface area contributed by atoms with Crippen molar-refractivity contribution in [1.82, 2.24) is 15.5 Å². The van der Waals surface area contributed by atoms with Gasteiger partial charge in [0.25, 0.3) is 0 Å². The molecule has 1 rings (SSSR count). The van der Waals surface area contributed by atoms with Gasteiger partial charge in [0.1, 0.15) is 18.1 Å². The van der Waals surface area contributed by atoms with Crippen molar-refractivity contribution < 1.29 is 29.4 Å². The standard InChI is InChI=1S/C18H32N4O6S/c1-10(2)14(17(26)22-7-4-5-13(22)18(27)28)21-16(25)12(9-23)20-15(24)11(19)6-8-29-3/h10-14,23H,4-9,19H2,1-3H3,(H,20,24)(H,21,25)(H,27,28). The van der Waals surface area contributed by atoms with E-state index in [1.807, 2.05) is 6.26 Å². The number of hydrogen-bond acceptors (Lipinski definition) is 7. The summed E-state index contributed by atoms with van der Waals surface area (Å²) < 4.78 is 0. The minimum Gasteiger partial charge on any atom is -0.480 e. The zero-order valence-electron chi connectivity index (χ0n) is 17.1. The molecule has 10 nitrogen and oxygen atoms in total. The van der Waals surface area contributed by atoms with Crippen molar-refractivity contribution in [3.05, 3.63) is 0 Å². The molecule has 0 aliphatic carbocycles. The molecule has 4 atom stereocenters. The molecule has 0 bridgehead atoms. The summed E-state index contributed by atoms with van der Waals surface area (Å²) in [5, 5.41) is 23.8. The number of thioether (sulfide) groups is 1. The van der Waals surface area contributed by atoms with Gasteiger partial charge in [-0.15, -0.1) is 0 Å². The number of rotatable bonds is 11. The van der Waals surface area contributed by atoms with Crippen LogP contribution >= 0.6 is 11.8 Å².